The van der Waals surface area contributed by atoms with Crippen molar-refractivity contribution < 1.29 is 9.59 Å². The van der Waals surface area contributed by atoms with Crippen molar-refractivity contribution in [3.8, 4) is 0 Å². The van der Waals surface area contributed by atoms with E-state index < -0.39 is 0 Å². The monoisotopic (exact) mass is 557 g/mol. The fourth-order valence-electron chi connectivity index (χ4n) is 5.49. The second-order valence-electron chi connectivity index (χ2n) is 10.4. The molecule has 2 saturated heterocycles. The van der Waals surface area contributed by atoms with Gasteiger partial charge in [0.15, 0.2) is 0 Å². The molecule has 2 aromatic carbocycles. The van der Waals surface area contributed by atoms with E-state index in [4.69, 9.17) is 11.6 Å². The van der Waals surface area contributed by atoms with Crippen molar-refractivity contribution in [2.45, 2.75) is 51.1 Å². The molecule has 1 spiro atoms. The maximum Gasteiger partial charge on any atom is 0.229 e. The van der Waals surface area contributed by atoms with Gasteiger partial charge in [0.2, 0.25) is 11.8 Å². The van der Waals surface area contributed by atoms with Gasteiger partial charge < -0.3 is 15.1 Å². The predicted octanol–water partition coefficient (Wildman–Crippen LogP) is 5.57. The van der Waals surface area contributed by atoms with Crippen LogP contribution in [0.4, 0.5) is 0 Å². The molecule has 1 atom stereocenters. The van der Waals surface area contributed by atoms with Crippen molar-refractivity contribution >= 4 is 39.3 Å². The molecular weight excluding hydrogens is 526 g/mol. The van der Waals surface area contributed by atoms with E-state index in [1.54, 1.807) is 0 Å². The lowest BCUT2D eigenvalue weighted by Gasteiger charge is -2.38. The standard InChI is InChI=1S/C28H33BrClN3O2/c29-23-7-1-20(2-8-23)19-33-18-14-28(27(33)35)12-16-32(17-13-28)15-11-25(31-26(34)22-3-4-22)21-5-9-24(30)10-6-21/h1-2,5-10,22,25H,3-4,11-19H2,(H,31,34). The molecule has 1 unspecified atom stereocenters. The molecule has 35 heavy (non-hydrogen) atoms. The predicted molar refractivity (Wildman–Crippen MR) is 142 cm³/mol. The molecule has 0 aromatic heterocycles. The molecule has 7 heteroatoms. The zero-order valence-corrected chi connectivity index (χ0v) is 22.4. The first-order valence-electron chi connectivity index (χ1n) is 12.7. The van der Waals surface area contributed by atoms with Crippen molar-refractivity contribution in [1.82, 2.24) is 15.1 Å². The summed E-state index contributed by atoms with van der Waals surface area (Å²) < 4.78 is 1.06. The van der Waals surface area contributed by atoms with E-state index in [1.807, 2.05) is 41.3 Å². The van der Waals surface area contributed by atoms with Crippen LogP contribution in [0, 0.1) is 11.3 Å². The Bertz CT molecular complexity index is 1050. The molecule has 186 valence electrons. The smallest absolute Gasteiger partial charge is 0.229 e. The van der Waals surface area contributed by atoms with Gasteiger partial charge in [-0.1, -0.05) is 51.8 Å². The van der Waals surface area contributed by atoms with E-state index in [-0.39, 0.29) is 23.3 Å². The Labute approximate surface area is 221 Å². The SMILES string of the molecule is O=C(NC(CCN1CCC2(CC1)CCN(Cc1ccc(Br)cc1)C2=O)c1ccc(Cl)cc1)C1CC1. The van der Waals surface area contributed by atoms with E-state index in [2.05, 4.69) is 38.3 Å². The third-order valence-electron chi connectivity index (χ3n) is 7.97. The normalized spacial score (nSPS) is 20.9. The fourth-order valence-corrected chi connectivity index (χ4v) is 5.88. The molecule has 2 aliphatic heterocycles. The molecule has 3 fully saturated rings. The number of hydrogen-bond acceptors (Lipinski definition) is 3. The number of carbonyl (C=O) groups is 2. The zero-order chi connectivity index (χ0) is 24.4. The van der Waals surface area contributed by atoms with E-state index in [0.29, 0.717) is 17.5 Å². The highest BCUT2D eigenvalue weighted by atomic mass is 79.9. The molecule has 1 aliphatic carbocycles. The summed E-state index contributed by atoms with van der Waals surface area (Å²) in [6, 6.07) is 16.1. The molecule has 1 N–H and O–H groups in total. The molecule has 2 heterocycles. The number of hydrogen-bond donors (Lipinski definition) is 1. The van der Waals surface area contributed by atoms with Crippen LogP contribution in [0.2, 0.25) is 5.02 Å². The number of piperidine rings is 1. The maximum absolute atomic E-state index is 13.4. The highest BCUT2D eigenvalue weighted by Gasteiger charge is 2.47. The minimum atomic E-state index is -0.193. The van der Waals surface area contributed by atoms with Gasteiger partial charge in [0.1, 0.15) is 0 Å². The second kappa shape index (κ2) is 10.6. The first-order valence-corrected chi connectivity index (χ1v) is 13.9. The summed E-state index contributed by atoms with van der Waals surface area (Å²) in [6.07, 6.45) is 5.66. The topological polar surface area (TPSA) is 52.7 Å². The van der Waals surface area contributed by atoms with Crippen LogP contribution in [0.25, 0.3) is 0 Å². The van der Waals surface area contributed by atoms with Gasteiger partial charge in [-0.2, -0.15) is 0 Å². The lowest BCUT2D eigenvalue weighted by atomic mass is 9.77. The molecule has 2 amide bonds. The van der Waals surface area contributed by atoms with Crippen molar-refractivity contribution in [3.63, 3.8) is 0 Å². The number of rotatable bonds is 8. The van der Waals surface area contributed by atoms with Crippen LogP contribution in [0.3, 0.4) is 0 Å². The summed E-state index contributed by atoms with van der Waals surface area (Å²) in [5.74, 6) is 0.689. The van der Waals surface area contributed by atoms with Crippen LogP contribution < -0.4 is 5.32 Å². The summed E-state index contributed by atoms with van der Waals surface area (Å²) in [5.41, 5.74) is 2.09. The number of carbonyl (C=O) groups excluding carboxylic acids is 2. The van der Waals surface area contributed by atoms with E-state index >= 15 is 0 Å². The molecule has 3 aliphatic rings. The molecular formula is C28H33BrClN3O2. The highest BCUT2D eigenvalue weighted by Crippen LogP contribution is 2.42. The molecule has 5 rings (SSSR count). The van der Waals surface area contributed by atoms with Crippen LogP contribution in [-0.2, 0) is 16.1 Å². The van der Waals surface area contributed by atoms with Crippen molar-refractivity contribution in [2.75, 3.05) is 26.2 Å². The van der Waals surface area contributed by atoms with Gasteiger partial charge in [-0.3, -0.25) is 9.59 Å². The van der Waals surface area contributed by atoms with Gasteiger partial charge in [-0.25, -0.2) is 0 Å². The Balaban J connectivity index is 1.15. The van der Waals surface area contributed by atoms with Crippen LogP contribution in [-0.4, -0.2) is 47.8 Å². The van der Waals surface area contributed by atoms with Crippen molar-refractivity contribution in [3.05, 3.63) is 69.2 Å². The maximum atomic E-state index is 13.4. The average molecular weight is 559 g/mol. The lowest BCUT2D eigenvalue weighted by Crippen LogP contribution is -2.45. The highest BCUT2D eigenvalue weighted by molar-refractivity contribution is 9.10. The third kappa shape index (κ3) is 5.92. The minimum absolute atomic E-state index is 0.00855. The molecule has 2 aromatic rings. The van der Waals surface area contributed by atoms with Gasteiger partial charge in [-0.05, 0) is 87.0 Å². The van der Waals surface area contributed by atoms with Crippen LogP contribution in [0.5, 0.6) is 0 Å². The fraction of sp³-hybridized carbons (Fsp3) is 0.500. The molecule has 0 bridgehead atoms. The minimum Gasteiger partial charge on any atom is -0.349 e. The summed E-state index contributed by atoms with van der Waals surface area (Å²) in [6.45, 7) is 4.32. The largest absolute Gasteiger partial charge is 0.349 e. The van der Waals surface area contributed by atoms with Crippen molar-refractivity contribution in [2.24, 2.45) is 11.3 Å². The quantitative estimate of drug-likeness (QED) is 0.461. The first kappa shape index (κ1) is 24.8. The van der Waals surface area contributed by atoms with E-state index in [9.17, 15) is 9.59 Å². The van der Waals surface area contributed by atoms with Crippen LogP contribution in [0.15, 0.2) is 53.0 Å². The summed E-state index contributed by atoms with van der Waals surface area (Å²) in [7, 11) is 0. The first-order chi connectivity index (χ1) is 16.9. The van der Waals surface area contributed by atoms with Gasteiger partial charge in [0.05, 0.1) is 11.5 Å². The Kier molecular flexibility index (Phi) is 7.52. The Morgan fingerprint density at radius 1 is 1.03 bits per heavy atom. The number of likely N-dealkylation sites (tertiary alicyclic amines) is 2. The van der Waals surface area contributed by atoms with E-state index in [0.717, 1.165) is 74.7 Å². The Hall–Kier alpha value is -1.89. The van der Waals surface area contributed by atoms with Gasteiger partial charge in [-0.15, -0.1) is 0 Å². The second-order valence-corrected chi connectivity index (χ2v) is 11.8. The molecule has 0 radical (unpaired) electrons. The van der Waals surface area contributed by atoms with Gasteiger partial charge in [0.25, 0.3) is 0 Å². The third-order valence-corrected chi connectivity index (χ3v) is 8.75. The van der Waals surface area contributed by atoms with Crippen molar-refractivity contribution in [1.29, 1.82) is 0 Å². The zero-order valence-electron chi connectivity index (χ0n) is 20.0. The Morgan fingerprint density at radius 2 is 1.69 bits per heavy atom. The van der Waals surface area contributed by atoms with E-state index in [1.165, 1.54) is 5.56 Å². The number of nitrogens with one attached hydrogen (secondary N) is 1. The lowest BCUT2D eigenvalue weighted by molar-refractivity contribution is -0.139. The number of benzene rings is 2. The average Bonchev–Trinajstić information content (AvgIpc) is 3.68. The molecule has 1 saturated carbocycles. The Morgan fingerprint density at radius 3 is 2.34 bits per heavy atom. The van der Waals surface area contributed by atoms with Gasteiger partial charge in [0, 0.05) is 35.0 Å². The van der Waals surface area contributed by atoms with Crippen LogP contribution >= 0.6 is 27.5 Å². The van der Waals surface area contributed by atoms with Crippen LogP contribution in [0.1, 0.15) is 55.7 Å². The summed E-state index contributed by atoms with van der Waals surface area (Å²) >= 11 is 9.57. The van der Waals surface area contributed by atoms with Gasteiger partial charge >= 0.3 is 0 Å². The summed E-state index contributed by atoms with van der Waals surface area (Å²) in [5, 5.41) is 3.98. The number of nitrogens with zero attached hydrogens (tertiary/aromatic N) is 2. The summed E-state index contributed by atoms with van der Waals surface area (Å²) in [4.78, 5) is 30.4. The molecule has 5 nitrogen and oxygen atoms in total. The number of halogens is 2. The number of amides is 2.